The molecule has 5 nitrogen and oxygen atoms in total. The Kier molecular flexibility index (Phi) is 4.87. The van der Waals surface area contributed by atoms with Gasteiger partial charge in [0.15, 0.2) is 0 Å². The van der Waals surface area contributed by atoms with Crippen LogP contribution in [0.2, 0.25) is 0 Å². The number of rotatable bonds is 6. The van der Waals surface area contributed by atoms with Crippen LogP contribution >= 0.6 is 11.3 Å². The standard InChI is InChI=1S/C13H17N3O2S2/c1-10-9-19-13(16-10)8-15-20(17,18)12-4-2-11(3-5-12)6-7-14/h2-5,9,15H,6-8,14H2,1H3. The molecule has 108 valence electrons. The second-order valence-corrected chi connectivity index (χ2v) is 7.10. The number of hydrogen-bond acceptors (Lipinski definition) is 5. The first-order chi connectivity index (χ1) is 9.51. The minimum atomic E-state index is -3.50. The highest BCUT2D eigenvalue weighted by molar-refractivity contribution is 7.89. The molecule has 1 heterocycles. The molecule has 0 unspecified atom stereocenters. The molecule has 0 spiro atoms. The lowest BCUT2D eigenvalue weighted by Crippen LogP contribution is -2.23. The zero-order valence-electron chi connectivity index (χ0n) is 11.2. The maximum absolute atomic E-state index is 12.1. The molecule has 2 aromatic rings. The molecular formula is C13H17N3O2S2. The van der Waals surface area contributed by atoms with Crippen LogP contribution in [0, 0.1) is 6.92 Å². The van der Waals surface area contributed by atoms with E-state index in [1.165, 1.54) is 11.3 Å². The molecule has 0 bridgehead atoms. The molecule has 0 aliphatic carbocycles. The fourth-order valence-electron chi connectivity index (χ4n) is 1.73. The van der Waals surface area contributed by atoms with Crippen molar-refractivity contribution in [3.8, 4) is 0 Å². The SMILES string of the molecule is Cc1csc(CNS(=O)(=O)c2ccc(CCN)cc2)n1. The smallest absolute Gasteiger partial charge is 0.240 e. The number of aromatic nitrogens is 1. The highest BCUT2D eigenvalue weighted by Gasteiger charge is 2.14. The third-order valence-corrected chi connectivity index (χ3v) is 5.13. The Bertz CT molecular complexity index is 663. The Hall–Kier alpha value is -1.28. The molecule has 0 amide bonds. The van der Waals surface area contributed by atoms with Crippen molar-refractivity contribution in [3.05, 3.63) is 45.9 Å². The van der Waals surface area contributed by atoms with Crippen molar-refractivity contribution in [2.24, 2.45) is 5.73 Å². The number of benzene rings is 1. The lowest BCUT2D eigenvalue weighted by molar-refractivity contribution is 0.581. The molecule has 1 aromatic heterocycles. The van der Waals surface area contributed by atoms with E-state index < -0.39 is 10.0 Å². The summed E-state index contributed by atoms with van der Waals surface area (Å²) in [7, 11) is -3.50. The second-order valence-electron chi connectivity index (χ2n) is 4.39. The Balaban J connectivity index is 2.05. The van der Waals surface area contributed by atoms with Crippen LogP contribution in [0.3, 0.4) is 0 Å². The van der Waals surface area contributed by atoms with Crippen LogP contribution < -0.4 is 10.5 Å². The topological polar surface area (TPSA) is 85.1 Å². The number of sulfonamides is 1. The molecule has 1 aromatic carbocycles. The predicted octanol–water partition coefficient (Wildman–Crippen LogP) is 1.43. The lowest BCUT2D eigenvalue weighted by atomic mass is 10.2. The van der Waals surface area contributed by atoms with E-state index in [0.29, 0.717) is 6.54 Å². The highest BCUT2D eigenvalue weighted by atomic mass is 32.2. The third-order valence-electron chi connectivity index (χ3n) is 2.75. The van der Waals surface area contributed by atoms with E-state index in [1.807, 2.05) is 12.3 Å². The van der Waals surface area contributed by atoms with Crippen molar-refractivity contribution in [2.45, 2.75) is 24.8 Å². The normalized spacial score (nSPS) is 11.7. The van der Waals surface area contributed by atoms with Gasteiger partial charge in [-0.3, -0.25) is 0 Å². The average Bonchev–Trinajstić information content (AvgIpc) is 2.84. The van der Waals surface area contributed by atoms with E-state index >= 15 is 0 Å². The minimum absolute atomic E-state index is 0.214. The van der Waals surface area contributed by atoms with Crippen molar-refractivity contribution < 1.29 is 8.42 Å². The maximum atomic E-state index is 12.1. The van der Waals surface area contributed by atoms with Gasteiger partial charge in [-0.05, 0) is 37.6 Å². The number of aryl methyl sites for hydroxylation is 1. The molecule has 0 saturated heterocycles. The number of thiazole rings is 1. The summed E-state index contributed by atoms with van der Waals surface area (Å²) in [5.74, 6) is 0. The van der Waals surface area contributed by atoms with Crippen LogP contribution in [0.15, 0.2) is 34.5 Å². The Morgan fingerprint density at radius 3 is 2.55 bits per heavy atom. The summed E-state index contributed by atoms with van der Waals surface area (Å²) < 4.78 is 26.8. The first-order valence-corrected chi connectivity index (χ1v) is 8.57. The van der Waals surface area contributed by atoms with Gasteiger partial charge in [0.2, 0.25) is 10.0 Å². The second kappa shape index (κ2) is 6.45. The van der Waals surface area contributed by atoms with Gasteiger partial charge in [0.05, 0.1) is 11.4 Å². The van der Waals surface area contributed by atoms with E-state index in [1.54, 1.807) is 24.3 Å². The van der Waals surface area contributed by atoms with Crippen LogP contribution in [0.25, 0.3) is 0 Å². The molecule has 7 heteroatoms. The monoisotopic (exact) mass is 311 g/mol. The van der Waals surface area contributed by atoms with Crippen LogP contribution in [0.4, 0.5) is 0 Å². The minimum Gasteiger partial charge on any atom is -0.330 e. The molecule has 20 heavy (non-hydrogen) atoms. The highest BCUT2D eigenvalue weighted by Crippen LogP contribution is 2.13. The van der Waals surface area contributed by atoms with Crippen LogP contribution in [0.5, 0.6) is 0 Å². The molecule has 2 rings (SSSR count). The number of hydrogen-bond donors (Lipinski definition) is 2. The van der Waals surface area contributed by atoms with Crippen molar-refractivity contribution in [1.29, 1.82) is 0 Å². The Morgan fingerprint density at radius 2 is 2.00 bits per heavy atom. The van der Waals surface area contributed by atoms with Gasteiger partial charge in [0.1, 0.15) is 5.01 Å². The van der Waals surface area contributed by atoms with Gasteiger partial charge in [-0.1, -0.05) is 12.1 Å². The number of nitrogens with two attached hydrogens (primary N) is 1. The summed E-state index contributed by atoms with van der Waals surface area (Å²) >= 11 is 1.44. The van der Waals surface area contributed by atoms with Gasteiger partial charge in [-0.2, -0.15) is 0 Å². The molecule has 0 atom stereocenters. The Labute approximate surface area is 122 Å². The van der Waals surface area contributed by atoms with Crippen LogP contribution in [0.1, 0.15) is 16.3 Å². The van der Waals surface area contributed by atoms with Crippen molar-refractivity contribution in [2.75, 3.05) is 6.54 Å². The molecule has 0 radical (unpaired) electrons. The molecule has 0 saturated carbocycles. The summed E-state index contributed by atoms with van der Waals surface area (Å²) in [5, 5.41) is 2.65. The van der Waals surface area contributed by atoms with Crippen molar-refractivity contribution in [1.82, 2.24) is 9.71 Å². The van der Waals surface area contributed by atoms with E-state index in [0.717, 1.165) is 22.7 Å². The first-order valence-electron chi connectivity index (χ1n) is 6.21. The summed E-state index contributed by atoms with van der Waals surface area (Å²) in [4.78, 5) is 4.48. The van der Waals surface area contributed by atoms with Crippen LogP contribution in [-0.2, 0) is 23.0 Å². The maximum Gasteiger partial charge on any atom is 0.240 e. The quantitative estimate of drug-likeness (QED) is 0.845. The molecule has 0 aliphatic rings. The van der Waals surface area contributed by atoms with E-state index in [-0.39, 0.29) is 11.4 Å². The van der Waals surface area contributed by atoms with E-state index in [4.69, 9.17) is 5.73 Å². The zero-order valence-corrected chi connectivity index (χ0v) is 12.8. The number of nitrogens with one attached hydrogen (secondary N) is 1. The largest absolute Gasteiger partial charge is 0.330 e. The molecule has 0 fully saturated rings. The van der Waals surface area contributed by atoms with Gasteiger partial charge in [-0.25, -0.2) is 18.1 Å². The van der Waals surface area contributed by atoms with E-state index in [2.05, 4.69) is 9.71 Å². The first kappa shape index (κ1) is 15.1. The van der Waals surface area contributed by atoms with Crippen LogP contribution in [-0.4, -0.2) is 19.9 Å². The van der Waals surface area contributed by atoms with Gasteiger partial charge in [0, 0.05) is 11.1 Å². The molecular weight excluding hydrogens is 294 g/mol. The molecule has 3 N–H and O–H groups in total. The fraction of sp³-hybridized carbons (Fsp3) is 0.308. The van der Waals surface area contributed by atoms with Gasteiger partial charge in [-0.15, -0.1) is 11.3 Å². The van der Waals surface area contributed by atoms with Gasteiger partial charge < -0.3 is 5.73 Å². The zero-order chi connectivity index (χ0) is 14.6. The third kappa shape index (κ3) is 3.86. The summed E-state index contributed by atoms with van der Waals surface area (Å²) in [6.07, 6.45) is 0.742. The van der Waals surface area contributed by atoms with Crippen molar-refractivity contribution in [3.63, 3.8) is 0 Å². The molecule has 0 aliphatic heterocycles. The van der Waals surface area contributed by atoms with Crippen molar-refractivity contribution >= 4 is 21.4 Å². The Morgan fingerprint density at radius 1 is 1.30 bits per heavy atom. The fourth-order valence-corrected chi connectivity index (χ4v) is 3.52. The summed E-state index contributed by atoms with van der Waals surface area (Å²) in [6, 6.07) is 6.77. The predicted molar refractivity (Wildman–Crippen MR) is 80.1 cm³/mol. The number of nitrogens with zero attached hydrogens (tertiary/aromatic N) is 1. The average molecular weight is 311 g/mol. The summed E-state index contributed by atoms with van der Waals surface area (Å²) in [5.41, 5.74) is 7.39. The van der Waals surface area contributed by atoms with Gasteiger partial charge >= 0.3 is 0 Å². The summed E-state index contributed by atoms with van der Waals surface area (Å²) in [6.45, 7) is 2.64. The van der Waals surface area contributed by atoms with E-state index in [9.17, 15) is 8.42 Å². The van der Waals surface area contributed by atoms with Gasteiger partial charge in [0.25, 0.3) is 0 Å². The lowest BCUT2D eigenvalue weighted by Gasteiger charge is -2.06.